The highest BCUT2D eigenvalue weighted by Gasteiger charge is 2.18. The molecule has 1 aliphatic carbocycles. The molecule has 0 atom stereocenters. The normalized spacial score (nSPS) is 19.8. The maximum atomic E-state index is 5.60. The van der Waals surface area contributed by atoms with Crippen LogP contribution < -0.4 is 0 Å². The molecule has 1 aromatic heterocycles. The smallest absolute Gasteiger partial charge is 0.292 e. The van der Waals surface area contributed by atoms with Gasteiger partial charge in [0.25, 0.3) is 5.35 Å². The maximum Gasteiger partial charge on any atom is 0.292 e. The summed E-state index contributed by atoms with van der Waals surface area (Å²) >= 11 is 5.60. The number of aromatic nitrogens is 1. The fourth-order valence-electron chi connectivity index (χ4n) is 1.84. The molecule has 2 rings (SSSR count). The van der Waals surface area contributed by atoms with Crippen LogP contribution in [0.5, 0.6) is 0 Å². The number of halogens is 1. The minimum absolute atomic E-state index is 0.274. The highest BCUT2D eigenvalue weighted by Crippen LogP contribution is 2.33. The Kier molecular flexibility index (Phi) is 2.35. The summed E-state index contributed by atoms with van der Waals surface area (Å²) in [5, 5.41) is 0.274. The zero-order valence-corrected chi connectivity index (χ0v) is 7.68. The van der Waals surface area contributed by atoms with Crippen LogP contribution in [0, 0.1) is 0 Å². The Labute approximate surface area is 76.9 Å². The molecule has 0 radical (unpaired) electrons. The average molecular weight is 186 g/mol. The summed E-state index contributed by atoms with van der Waals surface area (Å²) in [4.78, 5) is 3.89. The van der Waals surface area contributed by atoms with E-state index in [4.69, 9.17) is 16.0 Å². The fourth-order valence-corrected chi connectivity index (χ4v) is 1.98. The number of rotatable bonds is 1. The first kappa shape index (κ1) is 8.11. The lowest BCUT2D eigenvalue weighted by atomic mass is 9.88. The van der Waals surface area contributed by atoms with Crippen molar-refractivity contribution in [2.75, 3.05) is 0 Å². The Morgan fingerprint density at radius 3 is 2.67 bits per heavy atom. The van der Waals surface area contributed by atoms with Gasteiger partial charge in [0.15, 0.2) is 0 Å². The standard InChI is InChI=1S/C9H12ClNO/c10-9-11-6-8(12-9)7-4-2-1-3-5-7/h6-7H,1-5H2. The van der Waals surface area contributed by atoms with Crippen LogP contribution in [0.1, 0.15) is 43.8 Å². The summed E-state index contributed by atoms with van der Waals surface area (Å²) in [6.07, 6.45) is 8.19. The predicted molar refractivity (Wildman–Crippen MR) is 47.3 cm³/mol. The molecule has 3 heteroatoms. The number of oxazole rings is 1. The first-order valence-corrected chi connectivity index (χ1v) is 4.85. The summed E-state index contributed by atoms with van der Waals surface area (Å²) in [5.41, 5.74) is 0. The summed E-state index contributed by atoms with van der Waals surface area (Å²) in [6.45, 7) is 0. The van der Waals surface area contributed by atoms with E-state index in [0.29, 0.717) is 5.92 Å². The van der Waals surface area contributed by atoms with Gasteiger partial charge in [0.05, 0.1) is 6.20 Å². The number of hydrogen-bond donors (Lipinski definition) is 0. The van der Waals surface area contributed by atoms with Gasteiger partial charge in [-0.3, -0.25) is 0 Å². The molecule has 0 spiro atoms. The third kappa shape index (κ3) is 1.63. The average Bonchev–Trinajstić information content (AvgIpc) is 2.54. The molecule has 12 heavy (non-hydrogen) atoms. The van der Waals surface area contributed by atoms with E-state index in [-0.39, 0.29) is 5.35 Å². The van der Waals surface area contributed by atoms with Crippen molar-refractivity contribution in [1.82, 2.24) is 4.98 Å². The van der Waals surface area contributed by atoms with Gasteiger partial charge in [-0.25, -0.2) is 4.98 Å². The van der Waals surface area contributed by atoms with E-state index < -0.39 is 0 Å². The molecule has 66 valence electrons. The molecule has 1 aromatic rings. The van der Waals surface area contributed by atoms with Crippen LogP contribution in [0.25, 0.3) is 0 Å². The van der Waals surface area contributed by atoms with Crippen molar-refractivity contribution in [2.24, 2.45) is 0 Å². The van der Waals surface area contributed by atoms with Gasteiger partial charge in [0.1, 0.15) is 5.76 Å². The molecular formula is C9H12ClNO. The lowest BCUT2D eigenvalue weighted by Gasteiger charge is -2.18. The Hall–Kier alpha value is -0.500. The zero-order chi connectivity index (χ0) is 8.39. The first-order chi connectivity index (χ1) is 5.86. The van der Waals surface area contributed by atoms with Gasteiger partial charge in [-0.05, 0) is 24.4 Å². The van der Waals surface area contributed by atoms with Crippen LogP contribution in [0.15, 0.2) is 10.6 Å². The van der Waals surface area contributed by atoms with Crippen molar-refractivity contribution in [3.05, 3.63) is 17.3 Å². The van der Waals surface area contributed by atoms with Crippen LogP contribution in [0.3, 0.4) is 0 Å². The van der Waals surface area contributed by atoms with Crippen molar-refractivity contribution in [3.63, 3.8) is 0 Å². The van der Waals surface area contributed by atoms with E-state index in [1.54, 1.807) is 6.20 Å². The SMILES string of the molecule is Clc1ncc(C2CCCCC2)o1. The summed E-state index contributed by atoms with van der Waals surface area (Å²) in [5.74, 6) is 1.54. The predicted octanol–water partition coefficient (Wildman–Crippen LogP) is 3.38. The van der Waals surface area contributed by atoms with Crippen molar-refractivity contribution < 1.29 is 4.42 Å². The van der Waals surface area contributed by atoms with Crippen molar-refractivity contribution in [1.29, 1.82) is 0 Å². The van der Waals surface area contributed by atoms with Crippen LogP contribution >= 0.6 is 11.6 Å². The molecule has 1 aliphatic rings. The maximum absolute atomic E-state index is 5.60. The molecular weight excluding hydrogens is 174 g/mol. The van der Waals surface area contributed by atoms with Gasteiger partial charge in [0.2, 0.25) is 0 Å². The quantitative estimate of drug-likeness (QED) is 0.671. The first-order valence-electron chi connectivity index (χ1n) is 4.47. The van der Waals surface area contributed by atoms with Crippen molar-refractivity contribution >= 4 is 11.6 Å². The Balaban J connectivity index is 2.08. The lowest BCUT2D eigenvalue weighted by molar-refractivity contribution is 0.374. The fraction of sp³-hybridized carbons (Fsp3) is 0.667. The number of nitrogens with zero attached hydrogens (tertiary/aromatic N) is 1. The highest BCUT2D eigenvalue weighted by atomic mass is 35.5. The van der Waals surface area contributed by atoms with E-state index >= 15 is 0 Å². The van der Waals surface area contributed by atoms with E-state index in [2.05, 4.69) is 4.98 Å². The molecule has 1 heterocycles. The van der Waals surface area contributed by atoms with Crippen molar-refractivity contribution in [3.8, 4) is 0 Å². The second kappa shape index (κ2) is 3.48. The third-order valence-corrected chi connectivity index (χ3v) is 2.68. The molecule has 1 fully saturated rings. The molecule has 0 saturated heterocycles. The zero-order valence-electron chi connectivity index (χ0n) is 6.92. The Morgan fingerprint density at radius 2 is 2.08 bits per heavy atom. The van der Waals surface area contributed by atoms with Crippen LogP contribution in [-0.2, 0) is 0 Å². The number of hydrogen-bond acceptors (Lipinski definition) is 2. The topological polar surface area (TPSA) is 26.0 Å². The van der Waals surface area contributed by atoms with Crippen LogP contribution in [0.2, 0.25) is 5.35 Å². The minimum Gasteiger partial charge on any atom is -0.433 e. The molecule has 0 amide bonds. The summed E-state index contributed by atoms with van der Waals surface area (Å²) in [7, 11) is 0. The van der Waals surface area contributed by atoms with Gasteiger partial charge in [-0.15, -0.1) is 0 Å². The van der Waals surface area contributed by atoms with E-state index in [9.17, 15) is 0 Å². The monoisotopic (exact) mass is 185 g/mol. The van der Waals surface area contributed by atoms with Gasteiger partial charge in [0, 0.05) is 5.92 Å². The molecule has 0 bridgehead atoms. The highest BCUT2D eigenvalue weighted by molar-refractivity contribution is 6.27. The Bertz CT molecular complexity index is 253. The summed E-state index contributed by atoms with van der Waals surface area (Å²) < 4.78 is 5.28. The summed E-state index contributed by atoms with van der Waals surface area (Å²) in [6, 6.07) is 0. The van der Waals surface area contributed by atoms with Crippen LogP contribution in [-0.4, -0.2) is 4.98 Å². The molecule has 0 N–H and O–H groups in total. The largest absolute Gasteiger partial charge is 0.433 e. The van der Waals surface area contributed by atoms with Crippen molar-refractivity contribution in [2.45, 2.75) is 38.0 Å². The van der Waals surface area contributed by atoms with E-state index in [0.717, 1.165) is 5.76 Å². The molecule has 0 aromatic carbocycles. The lowest BCUT2D eigenvalue weighted by Crippen LogP contribution is -2.02. The second-order valence-electron chi connectivity index (χ2n) is 3.35. The van der Waals surface area contributed by atoms with Crippen LogP contribution in [0.4, 0.5) is 0 Å². The Morgan fingerprint density at radius 1 is 1.33 bits per heavy atom. The molecule has 0 aliphatic heterocycles. The molecule has 1 saturated carbocycles. The van der Waals surface area contributed by atoms with E-state index in [1.165, 1.54) is 32.1 Å². The molecule has 2 nitrogen and oxygen atoms in total. The minimum atomic E-state index is 0.274. The third-order valence-electron chi connectivity index (χ3n) is 2.50. The molecule has 0 unspecified atom stereocenters. The van der Waals surface area contributed by atoms with Gasteiger partial charge < -0.3 is 4.42 Å². The van der Waals surface area contributed by atoms with Gasteiger partial charge >= 0.3 is 0 Å². The van der Waals surface area contributed by atoms with Gasteiger partial charge in [-0.2, -0.15) is 0 Å². The van der Waals surface area contributed by atoms with Gasteiger partial charge in [-0.1, -0.05) is 19.3 Å². The second-order valence-corrected chi connectivity index (χ2v) is 3.67. The van der Waals surface area contributed by atoms with E-state index in [1.807, 2.05) is 0 Å².